The largest absolute Gasteiger partial charge is 0.508 e. The van der Waals surface area contributed by atoms with Gasteiger partial charge in [0.25, 0.3) is 0 Å². The van der Waals surface area contributed by atoms with Crippen molar-refractivity contribution in [2.75, 3.05) is 0 Å². The summed E-state index contributed by atoms with van der Waals surface area (Å²) in [6.07, 6.45) is 10.2. The predicted octanol–water partition coefficient (Wildman–Crippen LogP) is 6.03. The second-order valence-corrected chi connectivity index (χ2v) is 7.89. The van der Waals surface area contributed by atoms with Crippen molar-refractivity contribution in [1.82, 2.24) is 0 Å². The van der Waals surface area contributed by atoms with Gasteiger partial charge in [0.2, 0.25) is 0 Å². The third-order valence-electron chi connectivity index (χ3n) is 5.06. The van der Waals surface area contributed by atoms with Gasteiger partial charge in [-0.15, -0.1) is 0 Å². The van der Waals surface area contributed by atoms with Crippen LogP contribution in [0.5, 0.6) is 11.5 Å². The Hall–Kier alpha value is -1.18. The summed E-state index contributed by atoms with van der Waals surface area (Å²) in [5.74, 6) is 2.11. The normalized spacial score (nSPS) is 20.4. The third kappa shape index (κ3) is 5.16. The van der Waals surface area contributed by atoms with Gasteiger partial charge in [-0.2, -0.15) is 0 Å². The molecule has 2 rings (SSSR count). The predicted molar refractivity (Wildman–Crippen MR) is 97.4 cm³/mol. The highest BCUT2D eigenvalue weighted by Gasteiger charge is 2.32. The molecule has 1 aromatic carbocycles. The first-order chi connectivity index (χ1) is 10.9. The Balaban J connectivity index is 2.05. The van der Waals surface area contributed by atoms with E-state index in [1.807, 2.05) is 6.07 Å². The zero-order valence-corrected chi connectivity index (χ0v) is 15.5. The summed E-state index contributed by atoms with van der Waals surface area (Å²) in [5, 5.41) is 10.3. The Morgan fingerprint density at radius 3 is 2.70 bits per heavy atom. The van der Waals surface area contributed by atoms with Crippen molar-refractivity contribution in [2.24, 2.45) is 5.92 Å². The minimum Gasteiger partial charge on any atom is -0.508 e. The maximum absolute atomic E-state index is 10.3. The highest BCUT2D eigenvalue weighted by molar-refractivity contribution is 5.49. The lowest BCUT2D eigenvalue weighted by molar-refractivity contribution is 0.0519. The zero-order valence-electron chi connectivity index (χ0n) is 15.5. The van der Waals surface area contributed by atoms with E-state index >= 15 is 0 Å². The molecule has 0 amide bonds. The van der Waals surface area contributed by atoms with Crippen LogP contribution in [0.25, 0.3) is 0 Å². The molecule has 0 unspecified atom stereocenters. The van der Waals surface area contributed by atoms with E-state index in [-0.39, 0.29) is 5.60 Å². The van der Waals surface area contributed by atoms with Crippen LogP contribution in [-0.4, -0.2) is 10.7 Å². The maximum atomic E-state index is 10.3. The van der Waals surface area contributed by atoms with Crippen LogP contribution >= 0.6 is 0 Å². The molecule has 0 radical (unpaired) electrons. The first-order valence-corrected chi connectivity index (χ1v) is 9.47. The van der Waals surface area contributed by atoms with Crippen LogP contribution in [0.3, 0.4) is 0 Å². The van der Waals surface area contributed by atoms with Gasteiger partial charge in [-0.25, -0.2) is 0 Å². The number of phenolic OH excluding ortho intramolecular Hbond substituents is 1. The van der Waals surface area contributed by atoms with Gasteiger partial charge in [-0.3, -0.25) is 0 Å². The lowest BCUT2D eigenvalue weighted by atomic mass is 9.86. The molecule has 0 saturated heterocycles. The molecule has 0 spiro atoms. The number of unbranched alkanes of at least 4 members (excludes halogenated alkanes) is 2. The van der Waals surface area contributed by atoms with E-state index in [0.29, 0.717) is 5.75 Å². The number of aryl methyl sites for hydroxylation is 1. The number of rotatable bonds is 8. The second-order valence-electron chi connectivity index (χ2n) is 7.89. The molecule has 1 aliphatic heterocycles. The molecule has 23 heavy (non-hydrogen) atoms. The van der Waals surface area contributed by atoms with E-state index in [1.54, 1.807) is 0 Å². The molecule has 1 heterocycles. The van der Waals surface area contributed by atoms with Crippen molar-refractivity contribution in [2.45, 2.75) is 91.1 Å². The Morgan fingerprint density at radius 2 is 2.00 bits per heavy atom. The minimum atomic E-state index is -0.0730. The fourth-order valence-corrected chi connectivity index (χ4v) is 3.52. The van der Waals surface area contributed by atoms with E-state index in [2.05, 4.69) is 33.8 Å². The summed E-state index contributed by atoms with van der Waals surface area (Å²) in [6.45, 7) is 9.01. The Kier molecular flexibility index (Phi) is 6.38. The average molecular weight is 319 g/mol. The van der Waals surface area contributed by atoms with Crippen molar-refractivity contribution < 1.29 is 9.84 Å². The molecule has 0 aromatic heterocycles. The van der Waals surface area contributed by atoms with E-state index in [4.69, 9.17) is 4.74 Å². The Bertz CT molecular complexity index is 507. The number of phenols is 1. The van der Waals surface area contributed by atoms with Gasteiger partial charge in [-0.05, 0) is 69.1 Å². The first-order valence-electron chi connectivity index (χ1n) is 9.47. The van der Waals surface area contributed by atoms with Gasteiger partial charge in [0.15, 0.2) is 0 Å². The molecule has 0 aliphatic carbocycles. The SMILES string of the molecule is CCCCCc1cc(O)c2c(c1)O[C@](C)(CCCC(C)C)CC2. The monoisotopic (exact) mass is 318 g/mol. The third-order valence-corrected chi connectivity index (χ3v) is 5.06. The fourth-order valence-electron chi connectivity index (χ4n) is 3.52. The molecular weight excluding hydrogens is 284 g/mol. The highest BCUT2D eigenvalue weighted by atomic mass is 16.5. The maximum Gasteiger partial charge on any atom is 0.127 e. The van der Waals surface area contributed by atoms with Crippen LogP contribution in [0.2, 0.25) is 0 Å². The van der Waals surface area contributed by atoms with Gasteiger partial charge in [0.1, 0.15) is 17.1 Å². The topological polar surface area (TPSA) is 29.5 Å². The molecular formula is C21H34O2. The van der Waals surface area contributed by atoms with Crippen LogP contribution < -0.4 is 4.74 Å². The zero-order chi connectivity index (χ0) is 16.9. The van der Waals surface area contributed by atoms with Crippen molar-refractivity contribution >= 4 is 0 Å². The van der Waals surface area contributed by atoms with Crippen molar-refractivity contribution in [3.63, 3.8) is 0 Å². The van der Waals surface area contributed by atoms with Crippen LogP contribution in [0.4, 0.5) is 0 Å². The van der Waals surface area contributed by atoms with Gasteiger partial charge in [0, 0.05) is 5.56 Å². The molecule has 1 N–H and O–H groups in total. The van der Waals surface area contributed by atoms with Crippen LogP contribution in [-0.2, 0) is 12.8 Å². The van der Waals surface area contributed by atoms with Crippen LogP contribution in [0.1, 0.15) is 83.8 Å². The van der Waals surface area contributed by atoms with Gasteiger partial charge in [-0.1, -0.05) is 40.0 Å². The van der Waals surface area contributed by atoms with Gasteiger partial charge in [0.05, 0.1) is 0 Å². The number of hydrogen-bond donors (Lipinski definition) is 1. The second kappa shape index (κ2) is 8.08. The van der Waals surface area contributed by atoms with E-state index in [9.17, 15) is 5.11 Å². The minimum absolute atomic E-state index is 0.0730. The lowest BCUT2D eigenvalue weighted by Crippen LogP contribution is -2.36. The molecule has 2 heteroatoms. The Morgan fingerprint density at radius 1 is 1.22 bits per heavy atom. The first kappa shape index (κ1) is 18.2. The summed E-state index contributed by atoms with van der Waals surface area (Å²) in [6, 6.07) is 4.11. The smallest absolute Gasteiger partial charge is 0.127 e. The van der Waals surface area contributed by atoms with Gasteiger partial charge >= 0.3 is 0 Å². The van der Waals surface area contributed by atoms with Crippen molar-refractivity contribution in [1.29, 1.82) is 0 Å². The van der Waals surface area contributed by atoms with E-state index in [0.717, 1.165) is 42.9 Å². The summed E-state index contributed by atoms with van der Waals surface area (Å²) < 4.78 is 6.37. The van der Waals surface area contributed by atoms with Gasteiger partial charge < -0.3 is 9.84 Å². The molecule has 0 bridgehead atoms. The Labute approximate surface area is 142 Å². The average Bonchev–Trinajstić information content (AvgIpc) is 2.46. The number of fused-ring (bicyclic) bond motifs is 1. The standard InChI is InChI=1S/C21H34O2/c1-5-6-7-10-17-14-19(22)18-11-13-21(4,23-20(18)15-17)12-8-9-16(2)3/h14-16,22H,5-13H2,1-4H3/t21-/m1/s1. The molecule has 2 nitrogen and oxygen atoms in total. The van der Waals surface area contributed by atoms with Crippen LogP contribution in [0, 0.1) is 5.92 Å². The quantitative estimate of drug-likeness (QED) is 0.592. The van der Waals surface area contributed by atoms with Crippen molar-refractivity contribution in [3.8, 4) is 11.5 Å². The number of aromatic hydroxyl groups is 1. The molecule has 130 valence electrons. The molecule has 0 saturated carbocycles. The van der Waals surface area contributed by atoms with Crippen LogP contribution in [0.15, 0.2) is 12.1 Å². The lowest BCUT2D eigenvalue weighted by Gasteiger charge is -2.36. The highest BCUT2D eigenvalue weighted by Crippen LogP contribution is 2.41. The molecule has 1 aromatic rings. The summed E-state index contributed by atoms with van der Waals surface area (Å²) in [5.41, 5.74) is 2.14. The molecule has 1 atom stereocenters. The van der Waals surface area contributed by atoms with E-state index < -0.39 is 0 Å². The van der Waals surface area contributed by atoms with E-state index in [1.165, 1.54) is 37.7 Å². The number of ether oxygens (including phenoxy) is 1. The summed E-state index contributed by atoms with van der Waals surface area (Å²) >= 11 is 0. The molecule has 0 fully saturated rings. The van der Waals surface area contributed by atoms with Crippen molar-refractivity contribution in [3.05, 3.63) is 23.3 Å². The molecule has 1 aliphatic rings. The fraction of sp³-hybridized carbons (Fsp3) is 0.714. The summed E-state index contributed by atoms with van der Waals surface area (Å²) in [7, 11) is 0. The number of benzene rings is 1. The summed E-state index contributed by atoms with van der Waals surface area (Å²) in [4.78, 5) is 0. The number of hydrogen-bond acceptors (Lipinski definition) is 2.